The Kier molecular flexibility index (Phi) is 6.01. The van der Waals surface area contributed by atoms with Crippen molar-refractivity contribution in [2.45, 2.75) is 12.3 Å². The zero-order valence-corrected chi connectivity index (χ0v) is 15.7. The van der Waals surface area contributed by atoms with Gasteiger partial charge < -0.3 is 14.3 Å². The van der Waals surface area contributed by atoms with Crippen molar-refractivity contribution in [3.63, 3.8) is 0 Å². The minimum atomic E-state index is -4.55. The fourth-order valence-electron chi connectivity index (χ4n) is 2.92. The average Bonchev–Trinajstić information content (AvgIpc) is 3.16. The van der Waals surface area contributed by atoms with Crippen LogP contribution in [0.5, 0.6) is 5.75 Å². The van der Waals surface area contributed by atoms with Gasteiger partial charge in [0, 0.05) is 25.2 Å². The highest BCUT2D eigenvalue weighted by Gasteiger charge is 2.32. The van der Waals surface area contributed by atoms with Crippen LogP contribution in [-0.2, 0) is 16.0 Å². The van der Waals surface area contributed by atoms with E-state index >= 15 is 0 Å². The number of nitrogens with zero attached hydrogens (tertiary/aromatic N) is 1. The van der Waals surface area contributed by atoms with Gasteiger partial charge in [0.2, 0.25) is 0 Å². The van der Waals surface area contributed by atoms with Crippen molar-refractivity contribution in [3.05, 3.63) is 42.4 Å². The number of ether oxygens (including phenoxy) is 1. The van der Waals surface area contributed by atoms with Crippen LogP contribution in [-0.4, -0.2) is 62.3 Å². The van der Waals surface area contributed by atoms with Gasteiger partial charge in [-0.25, -0.2) is 8.42 Å². The number of benzene rings is 1. The number of β-amino-alcohol motifs (C(OH)–C–C–N with tert-alkyl or cyclic N) is 1. The number of aliphatic hydroxyl groups is 1. The van der Waals surface area contributed by atoms with Crippen LogP contribution in [0.25, 0.3) is 11.1 Å². The fourth-order valence-corrected chi connectivity index (χ4v) is 4.19. The summed E-state index contributed by atoms with van der Waals surface area (Å²) in [5, 5.41) is 10.1. The Labute approximate surface area is 160 Å². The first kappa shape index (κ1) is 20.7. The Morgan fingerprint density at radius 3 is 2.50 bits per heavy atom. The molecule has 10 heteroatoms. The Morgan fingerprint density at radius 1 is 1.18 bits per heavy atom. The van der Waals surface area contributed by atoms with Gasteiger partial charge in [-0.15, -0.1) is 0 Å². The summed E-state index contributed by atoms with van der Waals surface area (Å²) in [7, 11) is -3.02. The van der Waals surface area contributed by atoms with Crippen molar-refractivity contribution >= 4 is 9.84 Å². The number of alkyl halides is 3. The molecule has 1 aliphatic rings. The predicted molar refractivity (Wildman–Crippen MR) is 95.7 cm³/mol. The highest BCUT2D eigenvalue weighted by molar-refractivity contribution is 7.91. The van der Waals surface area contributed by atoms with Crippen molar-refractivity contribution in [1.82, 2.24) is 4.90 Å². The normalized spacial score (nSPS) is 18.7. The average molecular weight is 419 g/mol. The first-order chi connectivity index (χ1) is 13.1. The largest absolute Gasteiger partial charge is 0.491 e. The Balaban J connectivity index is 1.65. The van der Waals surface area contributed by atoms with Crippen LogP contribution in [0.15, 0.2) is 41.2 Å². The zero-order chi connectivity index (χ0) is 20.4. The number of halogens is 3. The third-order valence-electron chi connectivity index (χ3n) is 4.44. The second-order valence-corrected chi connectivity index (χ2v) is 8.98. The van der Waals surface area contributed by atoms with Crippen LogP contribution in [0.4, 0.5) is 13.2 Å². The molecule has 2 aromatic rings. The first-order valence-corrected chi connectivity index (χ1v) is 10.4. The molecule has 0 saturated carbocycles. The van der Waals surface area contributed by atoms with E-state index in [-0.39, 0.29) is 36.0 Å². The third-order valence-corrected chi connectivity index (χ3v) is 6.05. The molecule has 0 bridgehead atoms. The molecular formula is C18H20F3NO5S. The van der Waals surface area contributed by atoms with Gasteiger partial charge in [0.1, 0.15) is 18.5 Å². The van der Waals surface area contributed by atoms with Crippen LogP contribution >= 0.6 is 0 Å². The van der Waals surface area contributed by atoms with Gasteiger partial charge in [-0.3, -0.25) is 4.90 Å². The predicted octanol–water partition coefficient (Wildman–Crippen LogP) is 2.44. The van der Waals surface area contributed by atoms with E-state index in [1.165, 1.54) is 18.6 Å². The van der Waals surface area contributed by atoms with Crippen molar-refractivity contribution in [1.29, 1.82) is 0 Å². The van der Waals surface area contributed by atoms with E-state index in [4.69, 9.17) is 9.15 Å². The third kappa shape index (κ3) is 5.49. The Hall–Kier alpha value is -2.04. The minimum Gasteiger partial charge on any atom is -0.491 e. The topological polar surface area (TPSA) is 80.0 Å². The number of hydrogen-bond donors (Lipinski definition) is 1. The summed E-state index contributed by atoms with van der Waals surface area (Å²) in [4.78, 5) is 1.79. The van der Waals surface area contributed by atoms with E-state index in [9.17, 15) is 26.7 Å². The zero-order valence-electron chi connectivity index (χ0n) is 14.9. The second kappa shape index (κ2) is 8.14. The van der Waals surface area contributed by atoms with E-state index in [0.717, 1.165) is 12.1 Å². The summed E-state index contributed by atoms with van der Waals surface area (Å²) in [6, 6.07) is 4.87. The minimum absolute atomic E-state index is 0.0219. The van der Waals surface area contributed by atoms with Gasteiger partial charge in [0.25, 0.3) is 0 Å². The van der Waals surface area contributed by atoms with Crippen molar-refractivity contribution < 1.29 is 35.8 Å². The summed E-state index contributed by atoms with van der Waals surface area (Å²) in [6.45, 7) is 0.597. The Bertz CT molecular complexity index is 882. The molecule has 3 rings (SSSR count). The van der Waals surface area contributed by atoms with Gasteiger partial charge in [-0.2, -0.15) is 13.2 Å². The molecular weight excluding hydrogens is 399 g/mol. The van der Waals surface area contributed by atoms with Crippen LogP contribution < -0.4 is 4.74 Å². The van der Waals surface area contributed by atoms with Crippen molar-refractivity contribution in [2.75, 3.05) is 37.7 Å². The molecule has 2 heterocycles. The maximum Gasteiger partial charge on any atom is 0.416 e. The molecule has 1 unspecified atom stereocenters. The highest BCUT2D eigenvalue weighted by Crippen LogP contribution is 2.35. The van der Waals surface area contributed by atoms with E-state index < -0.39 is 27.7 Å². The summed E-state index contributed by atoms with van der Waals surface area (Å²) < 4.78 is 72.7. The molecule has 1 aromatic carbocycles. The van der Waals surface area contributed by atoms with Crippen LogP contribution in [0.2, 0.25) is 0 Å². The van der Waals surface area contributed by atoms with Crippen LogP contribution in [0, 0.1) is 0 Å². The van der Waals surface area contributed by atoms with E-state index in [1.807, 2.05) is 0 Å². The maximum atomic E-state index is 13.2. The van der Waals surface area contributed by atoms with Gasteiger partial charge in [0.15, 0.2) is 9.84 Å². The van der Waals surface area contributed by atoms with E-state index in [0.29, 0.717) is 18.7 Å². The van der Waals surface area contributed by atoms with Gasteiger partial charge in [0.05, 0.1) is 29.6 Å². The van der Waals surface area contributed by atoms with Crippen molar-refractivity contribution in [3.8, 4) is 16.9 Å². The number of hydrogen-bond acceptors (Lipinski definition) is 6. The number of aliphatic hydroxyl groups excluding tert-OH is 1. The molecule has 1 aliphatic heterocycles. The van der Waals surface area contributed by atoms with Gasteiger partial charge >= 0.3 is 6.18 Å². The lowest BCUT2D eigenvalue weighted by Gasteiger charge is -2.28. The summed E-state index contributed by atoms with van der Waals surface area (Å²) in [5.41, 5.74) is -0.0998. The lowest BCUT2D eigenvalue weighted by Crippen LogP contribution is -2.44. The lowest BCUT2D eigenvalue weighted by atomic mass is 10.0. The molecule has 1 fully saturated rings. The standard InChI is InChI=1S/C18H20F3NO5S/c19-18(20,21)15-7-14(13-1-4-26-11-13)8-17(9-15)27-12-16(23)10-22-2-5-28(24,25)6-3-22/h1,4,7-9,11,16,23H,2-3,5-6,10,12H2. The Morgan fingerprint density at radius 2 is 1.89 bits per heavy atom. The van der Waals surface area contributed by atoms with Crippen LogP contribution in [0.3, 0.4) is 0 Å². The van der Waals surface area contributed by atoms with Crippen molar-refractivity contribution in [2.24, 2.45) is 0 Å². The molecule has 6 nitrogen and oxygen atoms in total. The SMILES string of the molecule is O=S1(=O)CCN(CC(O)COc2cc(-c3ccoc3)cc(C(F)(F)F)c2)CC1. The molecule has 0 spiro atoms. The molecule has 1 N–H and O–H groups in total. The molecule has 154 valence electrons. The number of rotatable bonds is 6. The molecule has 0 amide bonds. The molecule has 1 saturated heterocycles. The highest BCUT2D eigenvalue weighted by atomic mass is 32.2. The van der Waals surface area contributed by atoms with Gasteiger partial charge in [-0.1, -0.05) is 0 Å². The molecule has 1 aromatic heterocycles. The summed E-state index contributed by atoms with van der Waals surface area (Å²) in [6.07, 6.45) is -2.82. The maximum absolute atomic E-state index is 13.2. The first-order valence-electron chi connectivity index (χ1n) is 8.61. The monoisotopic (exact) mass is 419 g/mol. The lowest BCUT2D eigenvalue weighted by molar-refractivity contribution is -0.137. The molecule has 0 aliphatic carbocycles. The van der Waals surface area contributed by atoms with Gasteiger partial charge in [-0.05, 0) is 29.8 Å². The molecule has 28 heavy (non-hydrogen) atoms. The molecule has 1 atom stereocenters. The fraction of sp³-hybridized carbons (Fsp3) is 0.444. The smallest absolute Gasteiger partial charge is 0.416 e. The number of furan rings is 1. The molecule has 0 radical (unpaired) electrons. The quantitative estimate of drug-likeness (QED) is 0.775. The second-order valence-electron chi connectivity index (χ2n) is 6.67. The van der Waals surface area contributed by atoms with E-state index in [1.54, 1.807) is 11.0 Å². The van der Waals surface area contributed by atoms with Crippen LogP contribution in [0.1, 0.15) is 5.56 Å². The van der Waals surface area contributed by atoms with E-state index in [2.05, 4.69) is 0 Å². The summed E-state index contributed by atoms with van der Waals surface area (Å²) >= 11 is 0. The number of sulfone groups is 1. The summed E-state index contributed by atoms with van der Waals surface area (Å²) in [5.74, 6) is 0.0381.